The number of carbonyl (C=O) groups excluding carboxylic acids is 2. The first-order valence-corrected chi connectivity index (χ1v) is 8.00. The molecule has 0 radical (unpaired) electrons. The van der Waals surface area contributed by atoms with Gasteiger partial charge in [-0.25, -0.2) is 5.48 Å². The van der Waals surface area contributed by atoms with E-state index in [0.29, 0.717) is 17.7 Å². The van der Waals surface area contributed by atoms with Crippen molar-refractivity contribution in [1.29, 1.82) is 0 Å². The molecule has 0 unspecified atom stereocenters. The van der Waals surface area contributed by atoms with Gasteiger partial charge < -0.3 is 10.1 Å². The Morgan fingerprint density at radius 1 is 0.885 bits per heavy atom. The molecule has 0 heterocycles. The molecule has 3 rings (SSSR count). The van der Waals surface area contributed by atoms with Gasteiger partial charge in [0, 0.05) is 17.7 Å². The zero-order valence-electron chi connectivity index (χ0n) is 14.2. The Bertz CT molecular complexity index is 952. The number of methoxy groups -OCH3 is 1. The van der Waals surface area contributed by atoms with E-state index in [4.69, 9.17) is 9.94 Å². The van der Waals surface area contributed by atoms with Gasteiger partial charge in [-0.2, -0.15) is 0 Å². The van der Waals surface area contributed by atoms with Crippen LogP contribution < -0.4 is 15.5 Å². The molecule has 6 nitrogen and oxygen atoms in total. The predicted octanol–water partition coefficient (Wildman–Crippen LogP) is 2.90. The molecular formula is C20H18N2O4. The molecule has 3 aromatic rings. The van der Waals surface area contributed by atoms with E-state index < -0.39 is 5.91 Å². The summed E-state index contributed by atoms with van der Waals surface area (Å²) in [5.41, 5.74) is 3.37. The second-order valence-corrected chi connectivity index (χ2v) is 5.75. The van der Waals surface area contributed by atoms with Gasteiger partial charge in [-0.3, -0.25) is 14.8 Å². The smallest absolute Gasteiger partial charge is 0.274 e. The van der Waals surface area contributed by atoms with Crippen LogP contribution in [0.1, 0.15) is 26.3 Å². The molecule has 0 aliphatic heterocycles. The van der Waals surface area contributed by atoms with Crippen LogP contribution in [0.25, 0.3) is 10.8 Å². The van der Waals surface area contributed by atoms with Gasteiger partial charge in [-0.05, 0) is 52.7 Å². The number of hydrogen-bond acceptors (Lipinski definition) is 4. The summed E-state index contributed by atoms with van der Waals surface area (Å²) in [6.45, 7) is 0.397. The van der Waals surface area contributed by atoms with Crippen LogP contribution in [0.3, 0.4) is 0 Å². The van der Waals surface area contributed by atoms with E-state index in [0.717, 1.165) is 22.1 Å². The molecule has 0 spiro atoms. The Hall–Kier alpha value is -3.38. The number of fused-ring (bicyclic) bond motifs is 1. The molecule has 26 heavy (non-hydrogen) atoms. The van der Waals surface area contributed by atoms with Crippen molar-refractivity contribution in [3.63, 3.8) is 0 Å². The summed E-state index contributed by atoms with van der Waals surface area (Å²) < 4.78 is 5.11. The highest BCUT2D eigenvalue weighted by Gasteiger charge is 2.09. The van der Waals surface area contributed by atoms with Gasteiger partial charge in [0.25, 0.3) is 11.8 Å². The van der Waals surface area contributed by atoms with E-state index in [2.05, 4.69) is 5.32 Å². The first-order chi connectivity index (χ1) is 12.6. The Morgan fingerprint density at radius 2 is 1.50 bits per heavy atom. The van der Waals surface area contributed by atoms with Crippen molar-refractivity contribution in [1.82, 2.24) is 10.8 Å². The molecular weight excluding hydrogens is 332 g/mol. The Balaban J connectivity index is 1.75. The van der Waals surface area contributed by atoms with Crippen molar-refractivity contribution in [2.75, 3.05) is 7.11 Å². The average molecular weight is 350 g/mol. The van der Waals surface area contributed by atoms with Crippen LogP contribution in [0.15, 0.2) is 60.7 Å². The molecule has 0 aromatic heterocycles. The Morgan fingerprint density at radius 3 is 2.08 bits per heavy atom. The molecule has 0 atom stereocenters. The van der Waals surface area contributed by atoms with Crippen LogP contribution in [0, 0.1) is 0 Å². The fourth-order valence-electron chi connectivity index (χ4n) is 2.62. The molecule has 132 valence electrons. The maximum atomic E-state index is 12.4. The van der Waals surface area contributed by atoms with E-state index in [1.165, 1.54) is 0 Å². The first kappa shape index (κ1) is 17.4. The van der Waals surface area contributed by atoms with Crippen LogP contribution in [-0.2, 0) is 6.54 Å². The highest BCUT2D eigenvalue weighted by atomic mass is 16.5. The third kappa shape index (κ3) is 3.81. The van der Waals surface area contributed by atoms with E-state index >= 15 is 0 Å². The first-order valence-electron chi connectivity index (χ1n) is 8.00. The summed E-state index contributed by atoms with van der Waals surface area (Å²) in [6.07, 6.45) is 0. The monoisotopic (exact) mass is 350 g/mol. The maximum absolute atomic E-state index is 12.4. The minimum atomic E-state index is -0.596. The van der Waals surface area contributed by atoms with Gasteiger partial charge in [0.05, 0.1) is 7.11 Å². The molecule has 2 amide bonds. The van der Waals surface area contributed by atoms with Crippen molar-refractivity contribution in [2.24, 2.45) is 0 Å². The number of nitrogens with one attached hydrogen (secondary N) is 2. The van der Waals surface area contributed by atoms with E-state index in [-0.39, 0.29) is 5.91 Å². The van der Waals surface area contributed by atoms with Gasteiger partial charge in [0.2, 0.25) is 0 Å². The van der Waals surface area contributed by atoms with E-state index in [1.54, 1.807) is 42.9 Å². The van der Waals surface area contributed by atoms with Crippen LogP contribution in [0.4, 0.5) is 0 Å². The molecule has 3 aromatic carbocycles. The number of hydroxylamine groups is 1. The molecule has 0 aliphatic carbocycles. The lowest BCUT2D eigenvalue weighted by Gasteiger charge is -2.08. The zero-order chi connectivity index (χ0) is 18.5. The van der Waals surface area contributed by atoms with Crippen molar-refractivity contribution >= 4 is 22.6 Å². The predicted molar refractivity (Wildman–Crippen MR) is 97.4 cm³/mol. The minimum absolute atomic E-state index is 0.209. The van der Waals surface area contributed by atoms with Crippen LogP contribution in [0.5, 0.6) is 5.75 Å². The molecule has 0 saturated carbocycles. The van der Waals surface area contributed by atoms with E-state index in [9.17, 15) is 9.59 Å². The summed E-state index contributed by atoms with van der Waals surface area (Å²) in [5.74, 6) is -0.0432. The Labute approximate surface area is 150 Å². The van der Waals surface area contributed by atoms with Crippen molar-refractivity contribution < 1.29 is 19.5 Å². The number of ether oxygens (including phenoxy) is 1. The summed E-state index contributed by atoms with van der Waals surface area (Å²) >= 11 is 0. The molecule has 0 aliphatic rings. The van der Waals surface area contributed by atoms with Crippen LogP contribution in [-0.4, -0.2) is 24.1 Å². The lowest BCUT2D eigenvalue weighted by atomic mass is 10.0. The summed E-state index contributed by atoms with van der Waals surface area (Å²) in [7, 11) is 1.60. The Kier molecular flexibility index (Phi) is 5.15. The standard InChI is InChI=1S/C20H18N2O4/c1-26-18-8-2-13(3-9-18)12-21-19(23)15-6-4-14-5-7-16(20(24)22-25)11-17(14)10-15/h2-11,25H,12H2,1H3,(H,21,23)(H,22,24). The highest BCUT2D eigenvalue weighted by Crippen LogP contribution is 2.18. The second-order valence-electron chi connectivity index (χ2n) is 5.75. The average Bonchev–Trinajstić information content (AvgIpc) is 2.70. The molecule has 0 bridgehead atoms. The number of hydrogen-bond donors (Lipinski definition) is 3. The summed E-state index contributed by atoms with van der Waals surface area (Å²) in [4.78, 5) is 23.9. The largest absolute Gasteiger partial charge is 0.497 e. The van der Waals surface area contributed by atoms with Crippen LogP contribution >= 0.6 is 0 Å². The van der Waals surface area contributed by atoms with Crippen LogP contribution in [0.2, 0.25) is 0 Å². The van der Waals surface area contributed by atoms with Gasteiger partial charge >= 0.3 is 0 Å². The van der Waals surface area contributed by atoms with Crippen molar-refractivity contribution in [2.45, 2.75) is 6.54 Å². The van der Waals surface area contributed by atoms with Gasteiger partial charge in [0.15, 0.2) is 0 Å². The molecule has 6 heteroatoms. The molecule has 3 N–H and O–H groups in total. The molecule has 0 fully saturated rings. The fraction of sp³-hybridized carbons (Fsp3) is 0.100. The van der Waals surface area contributed by atoms with Gasteiger partial charge in [0.1, 0.15) is 5.75 Å². The second kappa shape index (κ2) is 7.67. The lowest BCUT2D eigenvalue weighted by molar-refractivity contribution is 0.0706. The third-order valence-corrected chi connectivity index (χ3v) is 4.08. The summed E-state index contributed by atoms with van der Waals surface area (Å²) in [6, 6.07) is 17.7. The zero-order valence-corrected chi connectivity index (χ0v) is 14.2. The fourth-order valence-corrected chi connectivity index (χ4v) is 2.62. The molecule has 0 saturated heterocycles. The van der Waals surface area contributed by atoms with Crippen molar-refractivity contribution in [3.05, 3.63) is 77.4 Å². The highest BCUT2D eigenvalue weighted by molar-refractivity contribution is 6.01. The van der Waals surface area contributed by atoms with Crippen molar-refractivity contribution in [3.8, 4) is 5.75 Å². The quantitative estimate of drug-likeness (QED) is 0.488. The minimum Gasteiger partial charge on any atom is -0.497 e. The van der Waals surface area contributed by atoms with Gasteiger partial charge in [-0.1, -0.05) is 24.3 Å². The van der Waals surface area contributed by atoms with E-state index in [1.807, 2.05) is 30.3 Å². The normalized spacial score (nSPS) is 10.4. The lowest BCUT2D eigenvalue weighted by Crippen LogP contribution is -2.22. The maximum Gasteiger partial charge on any atom is 0.274 e. The number of benzene rings is 3. The summed E-state index contributed by atoms with van der Waals surface area (Å²) in [5, 5.41) is 13.2. The third-order valence-electron chi connectivity index (χ3n) is 4.08. The topological polar surface area (TPSA) is 87.7 Å². The number of rotatable bonds is 5. The number of carbonyl (C=O) groups is 2. The number of amides is 2. The SMILES string of the molecule is COc1ccc(CNC(=O)c2ccc3ccc(C(=O)NO)cc3c2)cc1. The van der Waals surface area contributed by atoms with Gasteiger partial charge in [-0.15, -0.1) is 0 Å².